The van der Waals surface area contributed by atoms with E-state index in [0.717, 1.165) is 17.5 Å². The molecule has 1 fully saturated rings. The molecule has 1 aliphatic rings. The van der Waals surface area contributed by atoms with E-state index in [0.29, 0.717) is 11.5 Å². The van der Waals surface area contributed by atoms with Crippen molar-refractivity contribution in [2.24, 2.45) is 0 Å². The lowest BCUT2D eigenvalue weighted by Crippen LogP contribution is -2.38. The molecule has 2 aromatic rings. The van der Waals surface area contributed by atoms with E-state index in [4.69, 9.17) is 0 Å². The van der Waals surface area contributed by atoms with Gasteiger partial charge in [-0.3, -0.25) is 0 Å². The molecule has 2 heteroatoms. The fourth-order valence-electron chi connectivity index (χ4n) is 4.46. The summed E-state index contributed by atoms with van der Waals surface area (Å²) in [5.41, 5.74) is 4.75. The lowest BCUT2D eigenvalue weighted by atomic mass is 9.59. The Morgan fingerprint density at radius 2 is 1.17 bits per heavy atom. The largest absolute Gasteiger partial charge is 0.508 e. The quantitative estimate of drug-likeness (QED) is 0.765. The van der Waals surface area contributed by atoms with Crippen LogP contribution in [0.1, 0.15) is 61.8 Å². The zero-order chi connectivity index (χ0) is 17.5. The summed E-state index contributed by atoms with van der Waals surface area (Å²) < 4.78 is 0. The Balaban J connectivity index is 1.97. The summed E-state index contributed by atoms with van der Waals surface area (Å²) in [4.78, 5) is 0. The second-order valence-electron chi connectivity index (χ2n) is 8.15. The van der Waals surface area contributed by atoms with E-state index < -0.39 is 0 Å². The summed E-state index contributed by atoms with van der Waals surface area (Å²) in [5.74, 6) is 0.741. The predicted molar refractivity (Wildman–Crippen MR) is 98.9 cm³/mol. The molecule has 0 spiro atoms. The summed E-state index contributed by atoms with van der Waals surface area (Å²) in [6.45, 7) is 8.63. The molecule has 0 aliphatic heterocycles. The van der Waals surface area contributed by atoms with Crippen molar-refractivity contribution in [3.05, 3.63) is 58.7 Å². The van der Waals surface area contributed by atoms with Crippen molar-refractivity contribution in [3.8, 4) is 11.5 Å². The van der Waals surface area contributed by atoms with Gasteiger partial charge in [-0.1, -0.05) is 44.5 Å². The zero-order valence-corrected chi connectivity index (χ0v) is 15.2. The number of hydrogen-bond acceptors (Lipinski definition) is 2. The van der Waals surface area contributed by atoms with Crippen LogP contribution in [0.4, 0.5) is 0 Å². The first-order chi connectivity index (χ1) is 11.2. The summed E-state index contributed by atoms with van der Waals surface area (Å²) in [6, 6.07) is 12.1. The molecule has 1 aliphatic carbocycles. The van der Waals surface area contributed by atoms with Crippen molar-refractivity contribution < 1.29 is 10.2 Å². The Bertz CT molecular complexity index is 701. The number of hydrogen-bond donors (Lipinski definition) is 2. The van der Waals surface area contributed by atoms with Crippen molar-refractivity contribution in [3.63, 3.8) is 0 Å². The van der Waals surface area contributed by atoms with Crippen LogP contribution in [0.2, 0.25) is 0 Å². The number of benzene rings is 2. The van der Waals surface area contributed by atoms with Gasteiger partial charge in [0.1, 0.15) is 11.5 Å². The van der Waals surface area contributed by atoms with Crippen LogP contribution in [0.15, 0.2) is 36.4 Å². The maximum absolute atomic E-state index is 9.84. The van der Waals surface area contributed by atoms with Gasteiger partial charge in [0, 0.05) is 0 Å². The van der Waals surface area contributed by atoms with Crippen LogP contribution in [-0.2, 0) is 10.8 Å². The third-order valence-electron chi connectivity index (χ3n) is 6.02. The maximum Gasteiger partial charge on any atom is 0.118 e. The van der Waals surface area contributed by atoms with E-state index >= 15 is 0 Å². The second kappa shape index (κ2) is 5.84. The number of aryl methyl sites for hydroxylation is 2. The highest BCUT2D eigenvalue weighted by molar-refractivity contribution is 5.42. The van der Waals surface area contributed by atoms with Gasteiger partial charge >= 0.3 is 0 Å². The van der Waals surface area contributed by atoms with E-state index in [1.807, 2.05) is 26.0 Å². The van der Waals surface area contributed by atoms with E-state index in [1.165, 1.54) is 30.4 Å². The van der Waals surface area contributed by atoms with Crippen LogP contribution in [0, 0.1) is 13.8 Å². The number of rotatable bonds is 2. The molecule has 2 N–H and O–H groups in total. The number of aromatic hydroxyl groups is 2. The standard InChI is InChI=1S/C22H28O2/c1-15-12-17(6-8-19(15)23)21(3)10-5-11-22(4,14-21)18-7-9-20(24)16(2)13-18/h6-9,12-13,23-24H,5,10-11,14H2,1-4H3. The normalized spacial score (nSPS) is 27.2. The van der Waals surface area contributed by atoms with Gasteiger partial charge in [-0.05, 0) is 78.3 Å². The van der Waals surface area contributed by atoms with Gasteiger partial charge in [0.2, 0.25) is 0 Å². The summed E-state index contributed by atoms with van der Waals surface area (Å²) >= 11 is 0. The van der Waals surface area contributed by atoms with Gasteiger partial charge in [-0.15, -0.1) is 0 Å². The van der Waals surface area contributed by atoms with E-state index in [9.17, 15) is 10.2 Å². The van der Waals surface area contributed by atoms with Crippen LogP contribution in [0.3, 0.4) is 0 Å². The summed E-state index contributed by atoms with van der Waals surface area (Å²) in [5, 5.41) is 19.7. The smallest absolute Gasteiger partial charge is 0.118 e. The minimum absolute atomic E-state index is 0.108. The molecule has 0 heterocycles. The molecule has 0 bridgehead atoms. The first-order valence-corrected chi connectivity index (χ1v) is 8.84. The third-order valence-corrected chi connectivity index (χ3v) is 6.02. The van der Waals surface area contributed by atoms with Gasteiger partial charge in [-0.2, -0.15) is 0 Å². The molecular weight excluding hydrogens is 296 g/mol. The Morgan fingerprint density at radius 1 is 0.750 bits per heavy atom. The fraction of sp³-hybridized carbons (Fsp3) is 0.455. The molecule has 2 aromatic carbocycles. The van der Waals surface area contributed by atoms with Crippen LogP contribution in [0.5, 0.6) is 11.5 Å². The predicted octanol–water partition coefficient (Wildman–Crippen LogP) is 5.50. The highest BCUT2D eigenvalue weighted by Gasteiger charge is 2.41. The molecule has 128 valence electrons. The molecule has 24 heavy (non-hydrogen) atoms. The van der Waals surface area contributed by atoms with Crippen molar-refractivity contribution in [1.29, 1.82) is 0 Å². The number of phenols is 2. The van der Waals surface area contributed by atoms with Crippen LogP contribution in [0.25, 0.3) is 0 Å². The molecule has 0 saturated heterocycles. The zero-order valence-electron chi connectivity index (χ0n) is 15.2. The Kier molecular flexibility index (Phi) is 4.11. The second-order valence-corrected chi connectivity index (χ2v) is 8.15. The lowest BCUT2D eigenvalue weighted by molar-refractivity contribution is 0.212. The molecular formula is C22H28O2. The number of phenolic OH excluding ortho intramolecular Hbond substituents is 2. The van der Waals surface area contributed by atoms with E-state index in [2.05, 4.69) is 38.1 Å². The minimum atomic E-state index is 0.108. The Labute approximate surface area is 145 Å². The summed E-state index contributed by atoms with van der Waals surface area (Å²) in [6.07, 6.45) is 4.61. The molecule has 2 nitrogen and oxygen atoms in total. The molecule has 0 aromatic heterocycles. The van der Waals surface area contributed by atoms with Gasteiger partial charge in [0.15, 0.2) is 0 Å². The van der Waals surface area contributed by atoms with Crippen molar-refractivity contribution in [2.45, 2.75) is 64.2 Å². The molecule has 2 unspecified atom stereocenters. The van der Waals surface area contributed by atoms with Gasteiger partial charge < -0.3 is 10.2 Å². The third kappa shape index (κ3) is 2.90. The Hall–Kier alpha value is -1.96. The first-order valence-electron chi connectivity index (χ1n) is 8.84. The highest BCUT2D eigenvalue weighted by atomic mass is 16.3. The van der Waals surface area contributed by atoms with Crippen molar-refractivity contribution in [1.82, 2.24) is 0 Å². The average molecular weight is 324 g/mol. The highest BCUT2D eigenvalue weighted by Crippen LogP contribution is 2.50. The fourth-order valence-corrected chi connectivity index (χ4v) is 4.46. The lowest BCUT2D eigenvalue weighted by Gasteiger charge is -2.45. The Morgan fingerprint density at radius 3 is 1.54 bits per heavy atom. The summed E-state index contributed by atoms with van der Waals surface area (Å²) in [7, 11) is 0. The van der Waals surface area contributed by atoms with E-state index in [1.54, 1.807) is 0 Å². The molecule has 1 saturated carbocycles. The van der Waals surface area contributed by atoms with Gasteiger partial charge in [-0.25, -0.2) is 0 Å². The van der Waals surface area contributed by atoms with Crippen LogP contribution < -0.4 is 0 Å². The van der Waals surface area contributed by atoms with Crippen LogP contribution in [-0.4, -0.2) is 10.2 Å². The monoisotopic (exact) mass is 324 g/mol. The van der Waals surface area contributed by atoms with Gasteiger partial charge in [0.05, 0.1) is 0 Å². The average Bonchev–Trinajstić information content (AvgIpc) is 2.52. The van der Waals surface area contributed by atoms with Gasteiger partial charge in [0.25, 0.3) is 0 Å². The molecule has 3 rings (SSSR count). The minimum Gasteiger partial charge on any atom is -0.508 e. The van der Waals surface area contributed by atoms with Crippen molar-refractivity contribution in [2.75, 3.05) is 0 Å². The molecule has 0 amide bonds. The van der Waals surface area contributed by atoms with Crippen LogP contribution >= 0.6 is 0 Å². The van der Waals surface area contributed by atoms with Crippen molar-refractivity contribution >= 4 is 0 Å². The SMILES string of the molecule is Cc1cc(C2(C)CCCC(C)(c3ccc(O)c(C)c3)C2)ccc1O. The first kappa shape index (κ1) is 16.9. The maximum atomic E-state index is 9.84. The molecule has 0 radical (unpaired) electrons. The topological polar surface area (TPSA) is 40.5 Å². The van der Waals surface area contributed by atoms with E-state index in [-0.39, 0.29) is 10.8 Å². The molecule has 2 atom stereocenters.